The fraction of sp³-hybridized carbons (Fsp3) is 0.822. The molecule has 5 atom stereocenters. The number of nitrogens with zero attached hydrogens (tertiary/aromatic N) is 1. The topological polar surface area (TPSA) is 138 Å². The molecule has 1 saturated heterocycles. The molecule has 1 aliphatic rings. The molecule has 2 amide bonds. The van der Waals surface area contributed by atoms with Crippen molar-refractivity contribution in [2.24, 2.45) is 0 Å². The molecule has 10 heteroatoms. The Kier molecular flexibility index (Phi) is 28.9. The van der Waals surface area contributed by atoms with Crippen LogP contribution in [0.15, 0.2) is 30.3 Å². The van der Waals surface area contributed by atoms with Crippen LogP contribution in [0.1, 0.15) is 186 Å². The second-order valence-corrected chi connectivity index (χ2v) is 15.8. The normalized spacial score (nSPS) is 19.6. The third kappa shape index (κ3) is 22.2. The minimum Gasteiger partial charge on any atom is -0.449 e. The van der Waals surface area contributed by atoms with Crippen LogP contribution in [0, 0.1) is 0 Å². The van der Waals surface area contributed by atoms with E-state index in [-0.39, 0.29) is 19.8 Å². The number of rotatable bonds is 33. The third-order valence-corrected chi connectivity index (χ3v) is 10.9. The Labute approximate surface area is 334 Å². The maximum absolute atomic E-state index is 13.7. The fourth-order valence-electron chi connectivity index (χ4n) is 7.41. The van der Waals surface area contributed by atoms with Gasteiger partial charge in [0.25, 0.3) is 0 Å². The van der Waals surface area contributed by atoms with Crippen molar-refractivity contribution in [2.75, 3.05) is 19.8 Å². The van der Waals surface area contributed by atoms with Crippen molar-refractivity contribution in [3.05, 3.63) is 35.9 Å². The van der Waals surface area contributed by atoms with Crippen LogP contribution >= 0.6 is 0 Å². The summed E-state index contributed by atoms with van der Waals surface area (Å²) in [5.74, 6) is 0. The van der Waals surface area contributed by atoms with E-state index in [0.29, 0.717) is 6.42 Å². The number of amides is 2. The molecule has 55 heavy (non-hydrogen) atoms. The average Bonchev–Trinajstić information content (AvgIpc) is 3.20. The van der Waals surface area contributed by atoms with Crippen LogP contribution in [-0.2, 0) is 20.8 Å². The number of hydrogen-bond acceptors (Lipinski definition) is 8. The zero-order valence-electron chi connectivity index (χ0n) is 34.8. The van der Waals surface area contributed by atoms with Gasteiger partial charge in [-0.05, 0) is 18.4 Å². The zero-order chi connectivity index (χ0) is 39.8. The largest absolute Gasteiger partial charge is 0.449 e. The Morgan fingerprint density at radius 1 is 0.636 bits per heavy atom. The molecule has 318 valence electrons. The van der Waals surface area contributed by atoms with E-state index < -0.39 is 49.4 Å². The predicted octanol–water partition coefficient (Wildman–Crippen LogP) is 10.3. The Bertz CT molecular complexity index is 1060. The molecular formula is C45H80N2O8. The first kappa shape index (κ1) is 48.7. The molecule has 2 rings (SSSR count). The SMILES string of the molecule is CCCCCCCCCCCCCCCCCCOC(=O)N(CCCCCCCCCCCC)[C@@H]1O[C@H](CO)[C@H](O)[C@H](O)[C@H]1NC(=O)OCc1ccccc1. The van der Waals surface area contributed by atoms with Crippen LogP contribution in [-0.4, -0.2) is 82.7 Å². The summed E-state index contributed by atoms with van der Waals surface area (Å²) < 4.78 is 17.2. The summed E-state index contributed by atoms with van der Waals surface area (Å²) in [5.41, 5.74) is 0.787. The molecule has 0 radical (unpaired) electrons. The molecule has 4 N–H and O–H groups in total. The molecule has 1 aromatic carbocycles. The number of benzene rings is 1. The highest BCUT2D eigenvalue weighted by Crippen LogP contribution is 2.26. The van der Waals surface area contributed by atoms with Crippen LogP contribution < -0.4 is 5.32 Å². The third-order valence-electron chi connectivity index (χ3n) is 10.9. The number of aliphatic hydroxyl groups is 3. The standard InChI is InChI=1S/C45H80N2O8/c1-3-5-7-9-11-13-15-16-17-18-19-20-22-24-26-31-35-53-45(52)47(34-30-25-23-21-14-12-10-8-6-4-2)43-40(42(50)41(49)39(36-48)55-43)46-44(51)54-37-38-32-28-27-29-33-38/h27-29,32-33,39-43,48-50H,3-26,30-31,34-37H2,1-2H3,(H,46,51)/t39-,40-,41+,42-,43-/m1/s1. The summed E-state index contributed by atoms with van der Waals surface area (Å²) in [7, 11) is 0. The van der Waals surface area contributed by atoms with E-state index in [4.69, 9.17) is 14.2 Å². The fourth-order valence-corrected chi connectivity index (χ4v) is 7.41. The Morgan fingerprint density at radius 3 is 1.56 bits per heavy atom. The lowest BCUT2D eigenvalue weighted by atomic mass is 9.95. The predicted molar refractivity (Wildman–Crippen MR) is 221 cm³/mol. The summed E-state index contributed by atoms with van der Waals surface area (Å²) >= 11 is 0. The molecule has 0 unspecified atom stereocenters. The van der Waals surface area contributed by atoms with Gasteiger partial charge < -0.3 is 34.8 Å². The monoisotopic (exact) mass is 777 g/mol. The van der Waals surface area contributed by atoms with Crippen molar-refractivity contribution >= 4 is 12.2 Å². The number of hydrogen-bond donors (Lipinski definition) is 4. The van der Waals surface area contributed by atoms with Crippen LogP contribution in [0.3, 0.4) is 0 Å². The Hall–Kier alpha value is -2.40. The minimum absolute atomic E-state index is 0.00645. The summed E-state index contributed by atoms with van der Waals surface area (Å²) in [6.45, 7) is 4.46. The average molecular weight is 777 g/mol. The molecule has 0 spiro atoms. The van der Waals surface area contributed by atoms with Crippen LogP contribution in [0.5, 0.6) is 0 Å². The first-order valence-electron chi connectivity index (χ1n) is 22.5. The molecule has 1 fully saturated rings. The quantitative estimate of drug-likeness (QED) is 0.0518. The number of carbonyl (C=O) groups is 2. The van der Waals surface area contributed by atoms with Gasteiger partial charge in [-0.2, -0.15) is 0 Å². The summed E-state index contributed by atoms with van der Waals surface area (Å²) in [6, 6.07) is 7.99. The number of alkyl carbamates (subject to hydrolysis) is 1. The van der Waals surface area contributed by atoms with Gasteiger partial charge in [-0.3, -0.25) is 4.90 Å². The number of aliphatic hydroxyl groups excluding tert-OH is 3. The van der Waals surface area contributed by atoms with E-state index in [1.165, 1.54) is 127 Å². The van der Waals surface area contributed by atoms with E-state index in [9.17, 15) is 24.9 Å². The molecule has 1 aliphatic heterocycles. The molecule has 0 bridgehead atoms. The van der Waals surface area contributed by atoms with Crippen molar-refractivity contribution in [1.29, 1.82) is 0 Å². The first-order chi connectivity index (χ1) is 26.9. The lowest BCUT2D eigenvalue weighted by Gasteiger charge is -2.46. The van der Waals surface area contributed by atoms with Crippen LogP contribution in [0.4, 0.5) is 9.59 Å². The van der Waals surface area contributed by atoms with Gasteiger partial charge >= 0.3 is 12.2 Å². The van der Waals surface area contributed by atoms with Crippen molar-refractivity contribution < 1.29 is 39.1 Å². The minimum atomic E-state index is -1.52. The number of ether oxygens (including phenoxy) is 3. The van der Waals surface area contributed by atoms with E-state index >= 15 is 0 Å². The zero-order valence-corrected chi connectivity index (χ0v) is 34.8. The van der Waals surface area contributed by atoms with E-state index in [2.05, 4.69) is 19.2 Å². The van der Waals surface area contributed by atoms with Gasteiger partial charge in [-0.15, -0.1) is 0 Å². The van der Waals surface area contributed by atoms with Gasteiger partial charge in [-0.25, -0.2) is 9.59 Å². The molecule has 0 aromatic heterocycles. The molecular weight excluding hydrogens is 697 g/mol. The maximum Gasteiger partial charge on any atom is 0.411 e. The van der Waals surface area contributed by atoms with Crippen LogP contribution in [0.25, 0.3) is 0 Å². The maximum atomic E-state index is 13.7. The second kappa shape index (κ2) is 32.7. The smallest absolute Gasteiger partial charge is 0.411 e. The van der Waals surface area contributed by atoms with Crippen LogP contribution in [0.2, 0.25) is 0 Å². The highest BCUT2D eigenvalue weighted by molar-refractivity contribution is 5.69. The summed E-state index contributed by atoms with van der Waals surface area (Å²) in [4.78, 5) is 28.0. The molecule has 1 aromatic rings. The van der Waals surface area contributed by atoms with Gasteiger partial charge in [0.15, 0.2) is 6.23 Å². The van der Waals surface area contributed by atoms with Gasteiger partial charge in [0, 0.05) is 6.54 Å². The van der Waals surface area contributed by atoms with E-state index in [1.807, 2.05) is 30.3 Å². The van der Waals surface area contributed by atoms with Gasteiger partial charge in [-0.1, -0.05) is 198 Å². The summed E-state index contributed by atoms with van der Waals surface area (Å²) in [6.07, 6.45) is 24.7. The van der Waals surface area contributed by atoms with E-state index in [0.717, 1.165) is 44.1 Å². The van der Waals surface area contributed by atoms with Crippen molar-refractivity contribution in [3.8, 4) is 0 Å². The highest BCUT2D eigenvalue weighted by Gasteiger charge is 2.48. The Balaban J connectivity index is 1.86. The van der Waals surface area contributed by atoms with Crippen molar-refractivity contribution in [1.82, 2.24) is 10.2 Å². The van der Waals surface area contributed by atoms with Gasteiger partial charge in [0.05, 0.1) is 13.2 Å². The molecule has 10 nitrogen and oxygen atoms in total. The highest BCUT2D eigenvalue weighted by atomic mass is 16.6. The van der Waals surface area contributed by atoms with Gasteiger partial charge in [0.1, 0.15) is 31.0 Å². The lowest BCUT2D eigenvalue weighted by Crippen LogP contribution is -2.69. The number of nitrogens with one attached hydrogen (secondary N) is 1. The van der Waals surface area contributed by atoms with Crippen molar-refractivity contribution in [3.63, 3.8) is 0 Å². The van der Waals surface area contributed by atoms with Crippen molar-refractivity contribution in [2.45, 2.75) is 218 Å². The second-order valence-electron chi connectivity index (χ2n) is 15.8. The molecule has 0 aliphatic carbocycles. The van der Waals surface area contributed by atoms with Gasteiger partial charge in [0.2, 0.25) is 0 Å². The lowest BCUT2D eigenvalue weighted by molar-refractivity contribution is -0.225. The molecule has 0 saturated carbocycles. The number of unbranched alkanes of at least 4 members (excludes halogenated alkanes) is 24. The summed E-state index contributed by atoms with van der Waals surface area (Å²) in [5, 5.41) is 34.5. The van der Waals surface area contributed by atoms with E-state index in [1.54, 1.807) is 0 Å². The Morgan fingerprint density at radius 2 is 1.09 bits per heavy atom. The first-order valence-corrected chi connectivity index (χ1v) is 22.5. The molecule has 1 heterocycles. The number of carbonyl (C=O) groups excluding carboxylic acids is 2.